The molecule has 0 aliphatic carbocycles. The van der Waals surface area contributed by atoms with Gasteiger partial charge >= 0.3 is 0 Å². The van der Waals surface area contributed by atoms with Crippen LogP contribution in [0.15, 0.2) is 53.6 Å². The highest BCUT2D eigenvalue weighted by atomic mass is 16.5. The van der Waals surface area contributed by atoms with Crippen molar-refractivity contribution in [2.75, 3.05) is 31.0 Å². The molecule has 0 aromatic heterocycles. The zero-order valence-electron chi connectivity index (χ0n) is 17.2. The lowest BCUT2D eigenvalue weighted by atomic mass is 10.1. The van der Waals surface area contributed by atoms with Crippen molar-refractivity contribution < 1.29 is 19.1 Å². The maximum absolute atomic E-state index is 12.8. The Morgan fingerprint density at radius 1 is 1.17 bits per heavy atom. The molecule has 0 unspecified atom stereocenters. The molecule has 2 aromatic rings. The molecule has 0 saturated carbocycles. The Kier molecular flexibility index (Phi) is 6.46. The lowest BCUT2D eigenvalue weighted by Gasteiger charge is -2.25. The summed E-state index contributed by atoms with van der Waals surface area (Å²) in [7, 11) is 3.10. The maximum Gasteiger partial charge on any atom is 0.270 e. The second kappa shape index (κ2) is 9.21. The number of nitrogens with one attached hydrogen (secondary N) is 1. The molecule has 0 atom stereocenters. The van der Waals surface area contributed by atoms with E-state index in [1.54, 1.807) is 37.4 Å². The van der Waals surface area contributed by atoms with Crippen molar-refractivity contribution >= 4 is 34.8 Å². The smallest absolute Gasteiger partial charge is 0.270 e. The molecule has 3 amide bonds. The Bertz CT molecular complexity index is 985. The molecule has 8 heteroatoms. The fourth-order valence-corrected chi connectivity index (χ4v) is 3.05. The summed E-state index contributed by atoms with van der Waals surface area (Å²) in [5.74, 6) is -0.204. The number of aryl methyl sites for hydroxylation is 1. The number of likely N-dealkylation sites (N-methyl/N-ethyl adjacent to an activating group) is 1. The lowest BCUT2D eigenvalue weighted by Crippen LogP contribution is -2.42. The third-order valence-electron chi connectivity index (χ3n) is 4.63. The van der Waals surface area contributed by atoms with Crippen molar-refractivity contribution in [3.8, 4) is 5.75 Å². The Morgan fingerprint density at radius 2 is 1.90 bits per heavy atom. The van der Waals surface area contributed by atoms with Crippen LogP contribution in [0.1, 0.15) is 18.4 Å². The summed E-state index contributed by atoms with van der Waals surface area (Å²) in [6.45, 7) is 1.78. The SMILES string of the molecule is COc1ccc(NC(=O)CN(C)C(=O)C2=NN(c3cccc(C)c3)C(=O)CC2)cc1. The standard InChI is InChI=1S/C22H24N4O4/c1-15-5-4-6-17(13-15)26-21(28)12-11-19(24-26)22(29)25(2)14-20(27)23-16-7-9-18(30-3)10-8-16/h4-10,13H,11-12,14H2,1-3H3,(H,23,27). The first-order chi connectivity index (χ1) is 14.4. The number of rotatable bonds is 6. The first-order valence-corrected chi connectivity index (χ1v) is 9.54. The molecule has 2 aromatic carbocycles. The van der Waals surface area contributed by atoms with Gasteiger partial charge in [-0.3, -0.25) is 14.4 Å². The number of methoxy groups -OCH3 is 1. The minimum absolute atomic E-state index is 0.137. The van der Waals surface area contributed by atoms with Crippen LogP contribution in [0.3, 0.4) is 0 Å². The monoisotopic (exact) mass is 408 g/mol. The van der Waals surface area contributed by atoms with Crippen LogP contribution in [0, 0.1) is 6.92 Å². The Labute approximate surface area is 175 Å². The third-order valence-corrected chi connectivity index (χ3v) is 4.63. The van der Waals surface area contributed by atoms with E-state index in [9.17, 15) is 14.4 Å². The molecule has 156 valence electrons. The maximum atomic E-state index is 12.8. The number of hydrazone groups is 1. The largest absolute Gasteiger partial charge is 0.497 e. The average Bonchev–Trinajstić information content (AvgIpc) is 2.74. The van der Waals surface area contributed by atoms with E-state index in [1.807, 2.05) is 25.1 Å². The number of carbonyl (C=O) groups is 3. The van der Waals surface area contributed by atoms with Gasteiger partial charge in [0.1, 0.15) is 11.5 Å². The Hall–Kier alpha value is -3.68. The van der Waals surface area contributed by atoms with Crippen LogP contribution in [0.4, 0.5) is 11.4 Å². The quantitative estimate of drug-likeness (QED) is 0.795. The summed E-state index contributed by atoms with van der Waals surface area (Å²) in [5, 5.41) is 8.27. The normalized spacial score (nSPS) is 13.5. The summed E-state index contributed by atoms with van der Waals surface area (Å²) in [6, 6.07) is 14.3. The summed E-state index contributed by atoms with van der Waals surface area (Å²) in [6.07, 6.45) is 0.425. The minimum atomic E-state index is -0.384. The van der Waals surface area contributed by atoms with E-state index in [1.165, 1.54) is 17.0 Å². The summed E-state index contributed by atoms with van der Waals surface area (Å²) in [4.78, 5) is 38.7. The van der Waals surface area contributed by atoms with Gasteiger partial charge in [0.2, 0.25) is 11.8 Å². The van der Waals surface area contributed by atoms with E-state index in [-0.39, 0.29) is 42.8 Å². The number of carbonyl (C=O) groups excluding carboxylic acids is 3. The molecule has 0 radical (unpaired) electrons. The zero-order chi connectivity index (χ0) is 21.7. The van der Waals surface area contributed by atoms with Crippen LogP contribution in [0.25, 0.3) is 0 Å². The fraction of sp³-hybridized carbons (Fsp3) is 0.273. The molecule has 3 rings (SSSR count). The second-order valence-corrected chi connectivity index (χ2v) is 7.03. The molecular formula is C22H24N4O4. The predicted octanol–water partition coefficient (Wildman–Crippen LogP) is 2.58. The highest BCUT2D eigenvalue weighted by Crippen LogP contribution is 2.22. The van der Waals surface area contributed by atoms with Crippen molar-refractivity contribution in [3.05, 3.63) is 54.1 Å². The number of nitrogens with zero attached hydrogens (tertiary/aromatic N) is 3. The molecule has 0 saturated heterocycles. The molecule has 1 heterocycles. The van der Waals surface area contributed by atoms with Crippen LogP contribution < -0.4 is 15.1 Å². The van der Waals surface area contributed by atoms with Crippen molar-refractivity contribution in [1.82, 2.24) is 4.90 Å². The number of ether oxygens (including phenoxy) is 1. The molecule has 1 aliphatic heterocycles. The van der Waals surface area contributed by atoms with Gasteiger partial charge in [0.25, 0.3) is 5.91 Å². The summed E-state index contributed by atoms with van der Waals surface area (Å²) < 4.78 is 5.09. The molecule has 0 spiro atoms. The fourth-order valence-electron chi connectivity index (χ4n) is 3.05. The molecule has 1 aliphatic rings. The van der Waals surface area contributed by atoms with Crippen LogP contribution in [0.2, 0.25) is 0 Å². The van der Waals surface area contributed by atoms with Gasteiger partial charge in [0.05, 0.1) is 19.3 Å². The molecule has 1 N–H and O–H groups in total. The van der Waals surface area contributed by atoms with E-state index >= 15 is 0 Å². The summed E-state index contributed by atoms with van der Waals surface area (Å²) in [5.41, 5.74) is 2.45. The zero-order valence-corrected chi connectivity index (χ0v) is 17.2. The van der Waals surface area contributed by atoms with E-state index in [0.29, 0.717) is 17.1 Å². The Balaban J connectivity index is 1.66. The molecule has 0 bridgehead atoms. The van der Waals surface area contributed by atoms with Crippen molar-refractivity contribution in [2.24, 2.45) is 5.10 Å². The Morgan fingerprint density at radius 3 is 2.57 bits per heavy atom. The van der Waals surface area contributed by atoms with E-state index in [4.69, 9.17) is 4.74 Å². The molecular weight excluding hydrogens is 384 g/mol. The first-order valence-electron chi connectivity index (χ1n) is 9.54. The van der Waals surface area contributed by atoms with Gasteiger partial charge in [-0.05, 0) is 48.9 Å². The summed E-state index contributed by atoms with van der Waals surface area (Å²) >= 11 is 0. The van der Waals surface area contributed by atoms with Gasteiger partial charge in [-0.25, -0.2) is 5.01 Å². The minimum Gasteiger partial charge on any atom is -0.497 e. The van der Waals surface area contributed by atoms with E-state index < -0.39 is 0 Å². The number of hydrogen-bond donors (Lipinski definition) is 1. The first kappa shape index (κ1) is 21.0. The van der Waals surface area contributed by atoms with E-state index in [2.05, 4.69) is 10.4 Å². The molecule has 30 heavy (non-hydrogen) atoms. The van der Waals surface area contributed by atoms with Gasteiger partial charge in [-0.15, -0.1) is 0 Å². The van der Waals surface area contributed by atoms with Gasteiger partial charge in [-0.2, -0.15) is 5.10 Å². The van der Waals surface area contributed by atoms with Gasteiger partial charge in [0, 0.05) is 25.6 Å². The number of amides is 3. The van der Waals surface area contributed by atoms with Gasteiger partial charge in [0.15, 0.2) is 0 Å². The highest BCUT2D eigenvalue weighted by molar-refractivity contribution is 6.40. The average molecular weight is 408 g/mol. The van der Waals surface area contributed by atoms with Gasteiger partial charge in [-0.1, -0.05) is 12.1 Å². The van der Waals surface area contributed by atoms with Crippen LogP contribution in [-0.4, -0.2) is 49.0 Å². The van der Waals surface area contributed by atoms with Crippen molar-refractivity contribution in [1.29, 1.82) is 0 Å². The van der Waals surface area contributed by atoms with Crippen LogP contribution >= 0.6 is 0 Å². The third kappa shape index (κ3) is 5.02. The predicted molar refractivity (Wildman–Crippen MR) is 115 cm³/mol. The van der Waals surface area contributed by atoms with Crippen LogP contribution in [-0.2, 0) is 14.4 Å². The van der Waals surface area contributed by atoms with Crippen molar-refractivity contribution in [3.63, 3.8) is 0 Å². The van der Waals surface area contributed by atoms with Gasteiger partial charge < -0.3 is 15.0 Å². The topological polar surface area (TPSA) is 91.3 Å². The molecule has 0 fully saturated rings. The second-order valence-electron chi connectivity index (χ2n) is 7.03. The van der Waals surface area contributed by atoms with Crippen molar-refractivity contribution in [2.45, 2.75) is 19.8 Å². The molecule has 8 nitrogen and oxygen atoms in total. The van der Waals surface area contributed by atoms with Crippen LogP contribution in [0.5, 0.6) is 5.75 Å². The number of hydrogen-bond acceptors (Lipinski definition) is 5. The number of anilines is 2. The lowest BCUT2D eigenvalue weighted by molar-refractivity contribution is -0.128. The highest BCUT2D eigenvalue weighted by Gasteiger charge is 2.28. The van der Waals surface area contributed by atoms with E-state index in [0.717, 1.165) is 5.56 Å². The number of benzene rings is 2.